The number of hydrogen-bond donors (Lipinski definition) is 1. The van der Waals surface area contributed by atoms with Crippen LogP contribution in [-0.4, -0.2) is 52.0 Å². The van der Waals surface area contributed by atoms with Gasteiger partial charge in [0.2, 0.25) is 0 Å². The molecule has 0 saturated heterocycles. The molecule has 1 aromatic heterocycles. The van der Waals surface area contributed by atoms with Gasteiger partial charge in [0, 0.05) is 6.07 Å². The van der Waals surface area contributed by atoms with Gasteiger partial charge in [0.25, 0.3) is 0 Å². The van der Waals surface area contributed by atoms with Crippen LogP contribution >= 0.6 is 0 Å². The quantitative estimate of drug-likeness (QED) is 0.888. The zero-order valence-electron chi connectivity index (χ0n) is 15.7. The van der Waals surface area contributed by atoms with E-state index >= 15 is 0 Å². The fourth-order valence-electron chi connectivity index (χ4n) is 3.34. The SMILES string of the molecule is CC(C)(C)OC(=O)N(Cc1cc2c(cn1)OCCO2)[C@@H]1CCCC[C@H]1O. The van der Waals surface area contributed by atoms with E-state index in [0.29, 0.717) is 36.8 Å². The van der Waals surface area contributed by atoms with Crippen LogP contribution in [0.2, 0.25) is 0 Å². The van der Waals surface area contributed by atoms with Crippen molar-refractivity contribution in [1.82, 2.24) is 9.88 Å². The molecule has 7 heteroatoms. The molecule has 1 N–H and O–H groups in total. The molecule has 1 aliphatic carbocycles. The lowest BCUT2D eigenvalue weighted by Gasteiger charge is -2.38. The Hall–Kier alpha value is -2.02. The van der Waals surface area contributed by atoms with Crippen molar-refractivity contribution in [3.05, 3.63) is 18.0 Å². The number of aliphatic hydroxyl groups is 1. The molecule has 26 heavy (non-hydrogen) atoms. The molecule has 2 heterocycles. The maximum absolute atomic E-state index is 12.8. The number of aromatic nitrogens is 1. The number of pyridine rings is 1. The van der Waals surface area contributed by atoms with E-state index in [1.54, 1.807) is 17.2 Å². The van der Waals surface area contributed by atoms with Crippen LogP contribution in [-0.2, 0) is 11.3 Å². The zero-order chi connectivity index (χ0) is 18.7. The molecule has 1 fully saturated rings. The van der Waals surface area contributed by atoms with E-state index in [9.17, 15) is 9.90 Å². The predicted octanol–water partition coefficient (Wildman–Crippen LogP) is 2.89. The number of rotatable bonds is 3. The average molecular weight is 364 g/mol. The van der Waals surface area contributed by atoms with E-state index in [-0.39, 0.29) is 12.6 Å². The number of hydrogen-bond acceptors (Lipinski definition) is 6. The predicted molar refractivity (Wildman–Crippen MR) is 95.3 cm³/mol. The summed E-state index contributed by atoms with van der Waals surface area (Å²) in [6, 6.07) is 1.52. The van der Waals surface area contributed by atoms with Crippen molar-refractivity contribution in [3.8, 4) is 11.5 Å². The minimum atomic E-state index is -0.602. The Balaban J connectivity index is 1.81. The molecule has 7 nitrogen and oxygen atoms in total. The van der Waals surface area contributed by atoms with E-state index in [2.05, 4.69) is 4.98 Å². The fourth-order valence-corrected chi connectivity index (χ4v) is 3.34. The van der Waals surface area contributed by atoms with Gasteiger partial charge in [0.1, 0.15) is 18.8 Å². The third-order valence-corrected chi connectivity index (χ3v) is 4.54. The van der Waals surface area contributed by atoms with Gasteiger partial charge >= 0.3 is 6.09 Å². The van der Waals surface area contributed by atoms with Crippen molar-refractivity contribution in [1.29, 1.82) is 0 Å². The van der Waals surface area contributed by atoms with Crippen LogP contribution < -0.4 is 9.47 Å². The summed E-state index contributed by atoms with van der Waals surface area (Å²) in [5.41, 5.74) is 0.0766. The standard InChI is InChI=1S/C19H28N2O5/c1-19(2,3)26-18(23)21(14-6-4-5-7-15(14)22)12-13-10-16-17(11-20-13)25-9-8-24-16/h10-11,14-15,22H,4-9,12H2,1-3H3/t14-,15-/m1/s1. The lowest BCUT2D eigenvalue weighted by molar-refractivity contribution is -0.0201. The molecule has 1 aliphatic heterocycles. The summed E-state index contributed by atoms with van der Waals surface area (Å²) in [5.74, 6) is 1.25. The minimum absolute atomic E-state index is 0.257. The number of carbonyl (C=O) groups excluding carboxylic acids is 1. The highest BCUT2D eigenvalue weighted by atomic mass is 16.6. The Bertz CT molecular complexity index is 643. The van der Waals surface area contributed by atoms with E-state index in [1.165, 1.54) is 0 Å². The van der Waals surface area contributed by atoms with Gasteiger partial charge in [-0.15, -0.1) is 0 Å². The Morgan fingerprint density at radius 2 is 1.96 bits per heavy atom. The summed E-state index contributed by atoms with van der Waals surface area (Å²) in [6.45, 7) is 6.77. The Labute approximate surface area is 154 Å². The summed E-state index contributed by atoms with van der Waals surface area (Å²) in [4.78, 5) is 18.8. The van der Waals surface area contributed by atoms with Crippen LogP contribution in [0.15, 0.2) is 12.3 Å². The molecular weight excluding hydrogens is 336 g/mol. The van der Waals surface area contributed by atoms with E-state index in [1.807, 2.05) is 20.8 Å². The second-order valence-electron chi connectivity index (χ2n) is 7.85. The average Bonchev–Trinajstić information content (AvgIpc) is 2.59. The maximum Gasteiger partial charge on any atom is 0.410 e. The minimum Gasteiger partial charge on any atom is -0.486 e. The molecule has 2 atom stereocenters. The smallest absolute Gasteiger partial charge is 0.410 e. The molecule has 0 spiro atoms. The highest BCUT2D eigenvalue weighted by molar-refractivity contribution is 5.68. The molecule has 0 unspecified atom stereocenters. The molecule has 0 radical (unpaired) electrons. The molecule has 3 rings (SSSR count). The van der Waals surface area contributed by atoms with Gasteiger partial charge in [-0.2, -0.15) is 0 Å². The molecule has 0 aromatic carbocycles. The van der Waals surface area contributed by atoms with Gasteiger partial charge in [-0.3, -0.25) is 9.88 Å². The molecule has 0 bridgehead atoms. The third-order valence-electron chi connectivity index (χ3n) is 4.54. The first-order chi connectivity index (χ1) is 12.3. The topological polar surface area (TPSA) is 81.1 Å². The third kappa shape index (κ3) is 4.58. The molecule has 1 amide bonds. The van der Waals surface area contributed by atoms with Gasteiger partial charge in [-0.05, 0) is 33.6 Å². The first-order valence-electron chi connectivity index (χ1n) is 9.26. The zero-order valence-corrected chi connectivity index (χ0v) is 15.7. The van der Waals surface area contributed by atoms with Crippen LogP contribution in [0.4, 0.5) is 4.79 Å². The van der Waals surface area contributed by atoms with E-state index in [0.717, 1.165) is 19.3 Å². The first kappa shape index (κ1) is 18.8. The molecular formula is C19H28N2O5. The van der Waals surface area contributed by atoms with Crippen LogP contribution in [0.3, 0.4) is 0 Å². The van der Waals surface area contributed by atoms with Gasteiger partial charge in [0.05, 0.1) is 30.6 Å². The number of amides is 1. The van der Waals surface area contributed by atoms with E-state index in [4.69, 9.17) is 14.2 Å². The largest absolute Gasteiger partial charge is 0.486 e. The highest BCUT2D eigenvalue weighted by Crippen LogP contribution is 2.31. The van der Waals surface area contributed by atoms with Crippen LogP contribution in [0, 0.1) is 0 Å². The summed E-state index contributed by atoms with van der Waals surface area (Å²) in [7, 11) is 0. The normalized spacial score (nSPS) is 22.6. The van der Waals surface area contributed by atoms with Crippen molar-refractivity contribution in [2.75, 3.05) is 13.2 Å². The number of nitrogens with zero attached hydrogens (tertiary/aromatic N) is 2. The fraction of sp³-hybridized carbons (Fsp3) is 0.684. The van der Waals surface area contributed by atoms with Gasteiger partial charge < -0.3 is 19.3 Å². The summed E-state index contributed by atoms with van der Waals surface area (Å²) < 4.78 is 16.7. The number of carbonyl (C=O) groups is 1. The van der Waals surface area contributed by atoms with Crippen molar-refractivity contribution < 1.29 is 24.1 Å². The molecule has 144 valence electrons. The van der Waals surface area contributed by atoms with Gasteiger partial charge in [-0.1, -0.05) is 12.8 Å². The Morgan fingerprint density at radius 3 is 2.65 bits per heavy atom. The van der Waals surface area contributed by atoms with E-state index < -0.39 is 17.8 Å². The van der Waals surface area contributed by atoms with Crippen LogP contribution in [0.5, 0.6) is 11.5 Å². The van der Waals surface area contributed by atoms with Crippen molar-refractivity contribution in [2.24, 2.45) is 0 Å². The van der Waals surface area contributed by atoms with Crippen molar-refractivity contribution in [3.63, 3.8) is 0 Å². The van der Waals surface area contributed by atoms with Crippen LogP contribution in [0.25, 0.3) is 0 Å². The second-order valence-corrected chi connectivity index (χ2v) is 7.85. The highest BCUT2D eigenvalue weighted by Gasteiger charge is 2.35. The lowest BCUT2D eigenvalue weighted by atomic mass is 9.91. The first-order valence-corrected chi connectivity index (χ1v) is 9.26. The summed E-state index contributed by atoms with van der Waals surface area (Å²) in [5, 5.41) is 10.4. The maximum atomic E-state index is 12.8. The number of aliphatic hydroxyl groups excluding tert-OH is 1. The number of ether oxygens (including phenoxy) is 3. The molecule has 1 aromatic rings. The Kier molecular flexibility index (Phi) is 5.55. The Morgan fingerprint density at radius 1 is 1.27 bits per heavy atom. The second kappa shape index (κ2) is 7.70. The monoisotopic (exact) mass is 364 g/mol. The van der Waals surface area contributed by atoms with Crippen molar-refractivity contribution >= 4 is 6.09 Å². The lowest BCUT2D eigenvalue weighted by Crippen LogP contribution is -2.49. The van der Waals surface area contributed by atoms with Gasteiger partial charge in [-0.25, -0.2) is 4.79 Å². The van der Waals surface area contributed by atoms with Crippen molar-refractivity contribution in [2.45, 2.75) is 70.7 Å². The summed E-state index contributed by atoms with van der Waals surface area (Å²) in [6.07, 6.45) is 4.05. The number of fused-ring (bicyclic) bond motifs is 1. The van der Waals surface area contributed by atoms with Gasteiger partial charge in [0.15, 0.2) is 11.5 Å². The molecule has 1 saturated carbocycles. The summed E-state index contributed by atoms with van der Waals surface area (Å²) >= 11 is 0. The van der Waals surface area contributed by atoms with Crippen LogP contribution in [0.1, 0.15) is 52.1 Å². The molecule has 2 aliphatic rings.